The van der Waals surface area contributed by atoms with Crippen LogP contribution in [0.25, 0.3) is 0 Å². The highest BCUT2D eigenvalue weighted by atomic mass is 35.5. The van der Waals surface area contributed by atoms with Crippen molar-refractivity contribution in [1.82, 2.24) is 15.3 Å². The van der Waals surface area contributed by atoms with E-state index in [1.165, 1.54) is 6.20 Å². The lowest BCUT2D eigenvalue weighted by atomic mass is 10.2. The maximum atomic E-state index is 12.3. The van der Waals surface area contributed by atoms with E-state index >= 15 is 0 Å². The van der Waals surface area contributed by atoms with E-state index in [2.05, 4.69) is 20.2 Å². The van der Waals surface area contributed by atoms with Gasteiger partial charge >= 0.3 is 0 Å². The summed E-state index contributed by atoms with van der Waals surface area (Å²) in [4.78, 5) is 22.6. The van der Waals surface area contributed by atoms with Crippen molar-refractivity contribution >= 4 is 23.2 Å². The van der Waals surface area contributed by atoms with Crippen molar-refractivity contribution in [2.75, 3.05) is 25.1 Å². The summed E-state index contributed by atoms with van der Waals surface area (Å²) in [7, 11) is 1.64. The molecule has 1 saturated heterocycles. The van der Waals surface area contributed by atoms with Crippen LogP contribution in [0.5, 0.6) is 5.75 Å². The molecule has 2 heterocycles. The molecule has 0 unspecified atom stereocenters. The molecule has 1 atom stereocenters. The molecule has 6 nitrogen and oxygen atoms in total. The Morgan fingerprint density at radius 2 is 2.21 bits per heavy atom. The number of carbonyl (C=O) groups excluding carboxylic acids is 1. The summed E-state index contributed by atoms with van der Waals surface area (Å²) in [6.45, 7) is 3.35. The number of anilines is 1. The highest BCUT2D eigenvalue weighted by Crippen LogP contribution is 2.33. The quantitative estimate of drug-likeness (QED) is 0.921. The predicted octanol–water partition coefficient (Wildman–Crippen LogP) is 2.46. The van der Waals surface area contributed by atoms with Gasteiger partial charge in [0.25, 0.3) is 5.91 Å². The number of benzene rings is 1. The molecule has 1 amide bonds. The Kier molecular flexibility index (Phi) is 4.85. The van der Waals surface area contributed by atoms with E-state index in [4.69, 9.17) is 16.3 Å². The fourth-order valence-electron chi connectivity index (χ4n) is 2.78. The van der Waals surface area contributed by atoms with Gasteiger partial charge in [-0.1, -0.05) is 11.6 Å². The molecule has 1 aliphatic heterocycles. The molecule has 1 aromatic heterocycles. The molecule has 0 radical (unpaired) electrons. The Balaban J connectivity index is 1.66. The van der Waals surface area contributed by atoms with Crippen LogP contribution in [0.4, 0.5) is 5.69 Å². The number of aromatic nitrogens is 2. The molecule has 0 spiro atoms. The first-order valence-electron chi connectivity index (χ1n) is 7.75. The van der Waals surface area contributed by atoms with Crippen molar-refractivity contribution in [2.24, 2.45) is 0 Å². The highest BCUT2D eigenvalue weighted by molar-refractivity contribution is 6.30. The first-order valence-corrected chi connectivity index (χ1v) is 8.12. The minimum Gasteiger partial charge on any atom is -0.495 e. The topological polar surface area (TPSA) is 67.3 Å². The molecule has 1 aliphatic rings. The molecule has 2 aromatic rings. The molecule has 126 valence electrons. The number of ether oxygens (including phenoxy) is 1. The fourth-order valence-corrected chi connectivity index (χ4v) is 2.94. The minimum atomic E-state index is -0.201. The van der Waals surface area contributed by atoms with Gasteiger partial charge in [0, 0.05) is 30.4 Å². The molecule has 1 N–H and O–H groups in total. The largest absolute Gasteiger partial charge is 0.495 e. The number of nitrogens with zero attached hydrogens (tertiary/aromatic N) is 3. The van der Waals surface area contributed by atoms with Crippen LogP contribution >= 0.6 is 11.6 Å². The molecule has 3 rings (SSSR count). The number of hydrogen-bond acceptors (Lipinski definition) is 5. The Bertz CT molecular complexity index is 736. The molecule has 1 aromatic carbocycles. The lowest BCUT2D eigenvalue weighted by Crippen LogP contribution is -2.37. The van der Waals surface area contributed by atoms with E-state index in [1.807, 2.05) is 19.1 Å². The van der Waals surface area contributed by atoms with E-state index in [9.17, 15) is 4.79 Å². The van der Waals surface area contributed by atoms with Crippen molar-refractivity contribution < 1.29 is 9.53 Å². The summed E-state index contributed by atoms with van der Waals surface area (Å²) < 4.78 is 5.40. The van der Waals surface area contributed by atoms with Crippen LogP contribution in [-0.4, -0.2) is 42.1 Å². The van der Waals surface area contributed by atoms with Crippen molar-refractivity contribution in [1.29, 1.82) is 0 Å². The second kappa shape index (κ2) is 7.05. The molecule has 0 aliphatic carbocycles. The van der Waals surface area contributed by atoms with Gasteiger partial charge in [-0.15, -0.1) is 0 Å². The summed E-state index contributed by atoms with van der Waals surface area (Å²) in [6, 6.07) is 5.58. The zero-order valence-electron chi connectivity index (χ0n) is 13.6. The van der Waals surface area contributed by atoms with Gasteiger partial charge in [0.15, 0.2) is 0 Å². The first kappa shape index (κ1) is 16.5. The predicted molar refractivity (Wildman–Crippen MR) is 92.9 cm³/mol. The number of amides is 1. The second-order valence-electron chi connectivity index (χ2n) is 5.76. The van der Waals surface area contributed by atoms with Crippen LogP contribution in [0.15, 0.2) is 30.6 Å². The molecule has 0 saturated carbocycles. The molecule has 1 fully saturated rings. The van der Waals surface area contributed by atoms with E-state index < -0.39 is 0 Å². The summed E-state index contributed by atoms with van der Waals surface area (Å²) in [5.74, 6) is 0.572. The average Bonchev–Trinajstić information content (AvgIpc) is 3.03. The summed E-state index contributed by atoms with van der Waals surface area (Å²) in [5, 5.41) is 3.67. The summed E-state index contributed by atoms with van der Waals surface area (Å²) in [5.41, 5.74) is 2.06. The van der Waals surface area contributed by atoms with Gasteiger partial charge in [0.1, 0.15) is 11.4 Å². The maximum absolute atomic E-state index is 12.3. The summed E-state index contributed by atoms with van der Waals surface area (Å²) >= 11 is 6.10. The molecular formula is C17H19ClN4O2. The standard InChI is InChI=1S/C17H19ClN4O2/c1-11-8-20-14(9-19-11)17(23)21-13-5-6-22(10-13)15-7-12(18)3-4-16(15)24-2/h3-4,7-9,13H,5-6,10H2,1-2H3,(H,21,23)/t13-/m0/s1. The number of nitrogens with one attached hydrogen (secondary N) is 1. The third-order valence-electron chi connectivity index (χ3n) is 4.02. The molecule has 0 bridgehead atoms. The minimum absolute atomic E-state index is 0.0456. The van der Waals surface area contributed by atoms with Gasteiger partial charge in [0.2, 0.25) is 0 Å². The normalized spacial score (nSPS) is 17.0. The number of rotatable bonds is 4. The van der Waals surface area contributed by atoms with Crippen molar-refractivity contribution in [2.45, 2.75) is 19.4 Å². The van der Waals surface area contributed by atoms with Gasteiger partial charge in [-0.05, 0) is 31.5 Å². The van der Waals surface area contributed by atoms with Crippen LogP contribution in [0.1, 0.15) is 22.6 Å². The van der Waals surface area contributed by atoms with E-state index in [-0.39, 0.29) is 11.9 Å². The molecule has 7 heteroatoms. The van der Waals surface area contributed by atoms with Crippen LogP contribution in [0, 0.1) is 6.92 Å². The van der Waals surface area contributed by atoms with Gasteiger partial charge in [-0.2, -0.15) is 0 Å². The second-order valence-corrected chi connectivity index (χ2v) is 6.20. The van der Waals surface area contributed by atoms with Gasteiger partial charge in [-0.25, -0.2) is 4.98 Å². The zero-order chi connectivity index (χ0) is 17.1. The van der Waals surface area contributed by atoms with Crippen molar-refractivity contribution in [3.05, 3.63) is 47.0 Å². The smallest absolute Gasteiger partial charge is 0.271 e. The fraction of sp³-hybridized carbons (Fsp3) is 0.353. The average molecular weight is 347 g/mol. The number of methoxy groups -OCH3 is 1. The van der Waals surface area contributed by atoms with E-state index in [0.717, 1.165) is 30.1 Å². The number of halogens is 1. The van der Waals surface area contributed by atoms with E-state index in [1.54, 1.807) is 19.4 Å². The maximum Gasteiger partial charge on any atom is 0.271 e. The van der Waals surface area contributed by atoms with Crippen molar-refractivity contribution in [3.8, 4) is 5.75 Å². The molecular weight excluding hydrogens is 328 g/mol. The lowest BCUT2D eigenvalue weighted by Gasteiger charge is -2.21. The zero-order valence-corrected chi connectivity index (χ0v) is 14.4. The SMILES string of the molecule is COc1ccc(Cl)cc1N1CC[C@H](NC(=O)c2cnc(C)cn2)C1. The van der Waals surface area contributed by atoms with Crippen LogP contribution in [0.3, 0.4) is 0 Å². The Morgan fingerprint density at radius 1 is 1.38 bits per heavy atom. The Labute approximate surface area is 145 Å². The lowest BCUT2D eigenvalue weighted by molar-refractivity contribution is 0.0935. The third kappa shape index (κ3) is 3.59. The van der Waals surface area contributed by atoms with Gasteiger partial charge in [-0.3, -0.25) is 9.78 Å². The van der Waals surface area contributed by atoms with Gasteiger partial charge in [0.05, 0.1) is 24.7 Å². The van der Waals surface area contributed by atoms with E-state index in [0.29, 0.717) is 17.3 Å². The monoisotopic (exact) mass is 346 g/mol. The first-order chi connectivity index (χ1) is 11.6. The van der Waals surface area contributed by atoms with Gasteiger partial charge < -0.3 is 15.0 Å². The molecule has 24 heavy (non-hydrogen) atoms. The van der Waals surface area contributed by atoms with Crippen LogP contribution in [0.2, 0.25) is 5.02 Å². The Morgan fingerprint density at radius 3 is 2.92 bits per heavy atom. The Hall–Kier alpha value is -2.34. The summed E-state index contributed by atoms with van der Waals surface area (Å²) in [6.07, 6.45) is 3.94. The number of hydrogen-bond donors (Lipinski definition) is 1. The van der Waals surface area contributed by atoms with Crippen LogP contribution < -0.4 is 15.0 Å². The van der Waals surface area contributed by atoms with Crippen LogP contribution in [-0.2, 0) is 0 Å². The number of aryl methyl sites for hydroxylation is 1. The highest BCUT2D eigenvalue weighted by Gasteiger charge is 2.26. The number of carbonyl (C=O) groups is 1. The third-order valence-corrected chi connectivity index (χ3v) is 4.25. The van der Waals surface area contributed by atoms with Crippen molar-refractivity contribution in [3.63, 3.8) is 0 Å².